The van der Waals surface area contributed by atoms with Crippen LogP contribution in [0.3, 0.4) is 0 Å². The quantitative estimate of drug-likeness (QED) is 0.230. The standard InChI is InChI=1S/C7H12O5S.K.H/c1-2-7(8)12-5-3-4-6-13(9,10)11;;/h2H,1,3-6H2,(H,9,10,11);;. The molecule has 0 saturated carbocycles. The molecular weight excluding hydrogens is 235 g/mol. The average Bonchev–Trinajstić information content (AvgIpc) is 2.01. The zero-order valence-corrected chi connectivity index (χ0v) is 7.92. The van der Waals surface area contributed by atoms with Crippen molar-refractivity contribution in [2.75, 3.05) is 12.4 Å². The van der Waals surface area contributed by atoms with Crippen LogP contribution in [0.15, 0.2) is 12.7 Å². The zero-order valence-electron chi connectivity index (χ0n) is 7.10. The van der Waals surface area contributed by atoms with Crippen molar-refractivity contribution in [1.29, 1.82) is 0 Å². The van der Waals surface area contributed by atoms with E-state index in [1.807, 2.05) is 0 Å². The van der Waals surface area contributed by atoms with Gasteiger partial charge >= 0.3 is 57.4 Å². The maximum atomic E-state index is 10.5. The summed E-state index contributed by atoms with van der Waals surface area (Å²) in [6.07, 6.45) is 1.70. The molecule has 0 atom stereocenters. The summed E-state index contributed by atoms with van der Waals surface area (Å²) >= 11 is 0. The second-order valence-electron chi connectivity index (χ2n) is 2.36. The van der Waals surface area contributed by atoms with Crippen LogP contribution in [0.1, 0.15) is 12.8 Å². The van der Waals surface area contributed by atoms with Crippen molar-refractivity contribution in [2.24, 2.45) is 0 Å². The summed E-state index contributed by atoms with van der Waals surface area (Å²) in [7, 11) is -3.89. The summed E-state index contributed by atoms with van der Waals surface area (Å²) in [6.45, 7) is 3.33. The van der Waals surface area contributed by atoms with E-state index in [-0.39, 0.29) is 70.2 Å². The Bertz CT molecular complexity index is 272. The fourth-order valence-electron chi connectivity index (χ4n) is 0.618. The minimum atomic E-state index is -3.89. The van der Waals surface area contributed by atoms with Crippen LogP contribution in [-0.2, 0) is 19.6 Å². The third kappa shape index (κ3) is 12.8. The van der Waals surface area contributed by atoms with E-state index in [2.05, 4.69) is 11.3 Å². The number of carbonyl (C=O) groups is 1. The van der Waals surface area contributed by atoms with E-state index in [4.69, 9.17) is 4.55 Å². The van der Waals surface area contributed by atoms with Crippen molar-refractivity contribution in [3.8, 4) is 0 Å². The molecule has 0 spiro atoms. The first kappa shape index (κ1) is 17.2. The van der Waals surface area contributed by atoms with Gasteiger partial charge in [0.1, 0.15) is 0 Å². The van der Waals surface area contributed by atoms with Gasteiger partial charge in [-0.3, -0.25) is 4.55 Å². The van der Waals surface area contributed by atoms with Gasteiger partial charge in [-0.05, 0) is 12.8 Å². The molecular formula is C7H13KO5S. The second-order valence-corrected chi connectivity index (χ2v) is 3.94. The van der Waals surface area contributed by atoms with Crippen molar-refractivity contribution in [3.63, 3.8) is 0 Å². The second kappa shape index (κ2) is 9.02. The Kier molecular flexibility index (Phi) is 11.1. The van der Waals surface area contributed by atoms with Crippen molar-refractivity contribution in [1.82, 2.24) is 0 Å². The minimum absolute atomic E-state index is 0. The Balaban J connectivity index is 0. The van der Waals surface area contributed by atoms with Crippen molar-refractivity contribution in [2.45, 2.75) is 12.8 Å². The number of unbranched alkanes of at least 4 members (excludes halogenated alkanes) is 1. The molecule has 5 nitrogen and oxygen atoms in total. The fourth-order valence-corrected chi connectivity index (χ4v) is 1.19. The molecule has 78 valence electrons. The third-order valence-electron chi connectivity index (χ3n) is 1.21. The molecule has 7 heteroatoms. The van der Waals surface area contributed by atoms with Gasteiger partial charge in [0.25, 0.3) is 10.1 Å². The summed E-state index contributed by atoms with van der Waals surface area (Å²) in [5, 5.41) is 0. The van der Waals surface area contributed by atoms with Crippen LogP contribution < -0.4 is 0 Å². The Labute approximate surface area is 126 Å². The number of esters is 1. The first-order valence-electron chi connectivity index (χ1n) is 3.70. The van der Waals surface area contributed by atoms with E-state index in [0.29, 0.717) is 6.42 Å². The first-order valence-corrected chi connectivity index (χ1v) is 5.31. The number of carbonyl (C=O) groups excluding carboxylic acids is 1. The van der Waals surface area contributed by atoms with Gasteiger partial charge in [0.2, 0.25) is 0 Å². The maximum absolute atomic E-state index is 10.5. The molecule has 0 rings (SSSR count). The molecule has 0 heterocycles. The Morgan fingerprint density at radius 3 is 2.43 bits per heavy atom. The monoisotopic (exact) mass is 248 g/mol. The van der Waals surface area contributed by atoms with Gasteiger partial charge < -0.3 is 4.74 Å². The van der Waals surface area contributed by atoms with Gasteiger partial charge in [-0.1, -0.05) is 6.58 Å². The van der Waals surface area contributed by atoms with E-state index >= 15 is 0 Å². The van der Waals surface area contributed by atoms with Gasteiger partial charge in [0, 0.05) is 6.08 Å². The molecule has 0 saturated heterocycles. The molecule has 0 bridgehead atoms. The molecule has 0 radical (unpaired) electrons. The van der Waals surface area contributed by atoms with E-state index in [0.717, 1.165) is 6.08 Å². The third-order valence-corrected chi connectivity index (χ3v) is 2.01. The molecule has 0 aromatic heterocycles. The van der Waals surface area contributed by atoms with Gasteiger partial charge in [-0.2, -0.15) is 8.42 Å². The van der Waals surface area contributed by atoms with E-state index < -0.39 is 16.1 Å². The predicted molar refractivity (Wildman–Crippen MR) is 54.0 cm³/mol. The Hall–Kier alpha value is 0.756. The molecule has 0 aliphatic carbocycles. The molecule has 0 fully saturated rings. The number of hydrogen-bond donors (Lipinski definition) is 1. The average molecular weight is 248 g/mol. The van der Waals surface area contributed by atoms with Crippen LogP contribution >= 0.6 is 0 Å². The first-order chi connectivity index (χ1) is 5.95. The van der Waals surface area contributed by atoms with Crippen LogP contribution in [0.25, 0.3) is 0 Å². The molecule has 0 unspecified atom stereocenters. The van der Waals surface area contributed by atoms with Crippen molar-refractivity contribution >= 4 is 67.5 Å². The van der Waals surface area contributed by atoms with Crippen molar-refractivity contribution < 1.29 is 22.5 Å². The summed E-state index contributed by atoms with van der Waals surface area (Å²) < 4.78 is 33.3. The summed E-state index contributed by atoms with van der Waals surface area (Å²) in [4.78, 5) is 10.5. The summed E-state index contributed by atoms with van der Waals surface area (Å²) in [5.74, 6) is -0.842. The molecule has 0 aromatic rings. The van der Waals surface area contributed by atoms with Crippen LogP contribution in [0.2, 0.25) is 0 Å². The molecule has 0 amide bonds. The van der Waals surface area contributed by atoms with Gasteiger partial charge in [-0.25, -0.2) is 4.79 Å². The van der Waals surface area contributed by atoms with Crippen LogP contribution in [0.4, 0.5) is 0 Å². The fraction of sp³-hybridized carbons (Fsp3) is 0.571. The van der Waals surface area contributed by atoms with Crippen LogP contribution in [0.5, 0.6) is 0 Å². The van der Waals surface area contributed by atoms with Crippen molar-refractivity contribution in [3.05, 3.63) is 12.7 Å². The Morgan fingerprint density at radius 2 is 2.00 bits per heavy atom. The van der Waals surface area contributed by atoms with E-state index in [9.17, 15) is 13.2 Å². The Morgan fingerprint density at radius 1 is 1.43 bits per heavy atom. The van der Waals surface area contributed by atoms with Gasteiger partial charge in [-0.15, -0.1) is 0 Å². The molecule has 0 aliphatic heterocycles. The molecule has 1 N–H and O–H groups in total. The van der Waals surface area contributed by atoms with Gasteiger partial charge in [0.15, 0.2) is 0 Å². The topological polar surface area (TPSA) is 80.7 Å². The molecule has 0 aliphatic rings. The SMILES string of the molecule is C=CC(=O)OCCCCS(=O)(=O)O.[KH]. The summed E-state index contributed by atoms with van der Waals surface area (Å²) in [6, 6.07) is 0. The number of rotatable bonds is 6. The molecule has 14 heavy (non-hydrogen) atoms. The van der Waals surface area contributed by atoms with Crippen LogP contribution in [0, 0.1) is 0 Å². The predicted octanol–water partition coefficient (Wildman–Crippen LogP) is -0.265. The zero-order chi connectivity index (χ0) is 10.3. The van der Waals surface area contributed by atoms with E-state index in [1.54, 1.807) is 0 Å². The summed E-state index contributed by atoms with van der Waals surface area (Å²) in [5.41, 5.74) is 0. The normalized spacial score (nSPS) is 10.1. The number of ether oxygens (including phenoxy) is 1. The van der Waals surface area contributed by atoms with Gasteiger partial charge in [0.05, 0.1) is 12.4 Å². The van der Waals surface area contributed by atoms with E-state index in [1.165, 1.54) is 0 Å². The van der Waals surface area contributed by atoms with Crippen LogP contribution in [-0.4, -0.2) is 82.7 Å². The molecule has 0 aromatic carbocycles. The number of hydrogen-bond acceptors (Lipinski definition) is 4.